The summed E-state index contributed by atoms with van der Waals surface area (Å²) in [6.45, 7) is 5.75. The topological polar surface area (TPSA) is 96.0 Å². The van der Waals surface area contributed by atoms with Crippen molar-refractivity contribution in [1.82, 2.24) is 10.2 Å². The molecule has 230 valence electrons. The largest absolute Gasteiger partial charge is 0.494 e. The van der Waals surface area contributed by atoms with Crippen molar-refractivity contribution in [3.05, 3.63) is 125 Å². The zero-order valence-corrected chi connectivity index (χ0v) is 26.4. The Morgan fingerprint density at radius 3 is 2.09 bits per heavy atom. The first-order valence-corrected chi connectivity index (χ1v) is 16.0. The minimum absolute atomic E-state index is 0.0576. The Kier molecular flexibility index (Phi) is 10.8. The second-order valence-corrected chi connectivity index (χ2v) is 12.4. The highest BCUT2D eigenvalue weighted by atomic mass is 32.2. The van der Waals surface area contributed by atoms with E-state index in [1.807, 2.05) is 75.4 Å². The molecule has 0 bridgehead atoms. The van der Waals surface area contributed by atoms with Crippen LogP contribution in [0.3, 0.4) is 0 Å². The minimum Gasteiger partial charge on any atom is -0.494 e. The maximum Gasteiger partial charge on any atom is 0.264 e. The minimum atomic E-state index is -4.17. The molecule has 4 rings (SSSR count). The number of nitrogens with zero attached hydrogens (tertiary/aromatic N) is 2. The number of ether oxygens (including phenoxy) is 1. The second kappa shape index (κ2) is 14.7. The van der Waals surface area contributed by atoms with Crippen LogP contribution in [0.25, 0.3) is 0 Å². The van der Waals surface area contributed by atoms with Crippen LogP contribution in [0.2, 0.25) is 0 Å². The first kappa shape index (κ1) is 32.3. The van der Waals surface area contributed by atoms with Gasteiger partial charge in [0.2, 0.25) is 11.8 Å². The maximum absolute atomic E-state index is 14.4. The summed E-state index contributed by atoms with van der Waals surface area (Å²) in [5, 5.41) is 2.70. The summed E-state index contributed by atoms with van der Waals surface area (Å²) >= 11 is 0. The molecule has 4 aromatic rings. The molecule has 44 heavy (non-hydrogen) atoms. The van der Waals surface area contributed by atoms with Crippen LogP contribution in [0.5, 0.6) is 5.75 Å². The molecule has 8 nitrogen and oxygen atoms in total. The van der Waals surface area contributed by atoms with Crippen molar-refractivity contribution in [2.75, 3.05) is 24.5 Å². The van der Waals surface area contributed by atoms with Gasteiger partial charge in [-0.3, -0.25) is 13.9 Å². The Balaban J connectivity index is 1.78. The second-order valence-electron chi connectivity index (χ2n) is 10.6. The van der Waals surface area contributed by atoms with Crippen LogP contribution in [0.15, 0.2) is 108 Å². The van der Waals surface area contributed by atoms with Gasteiger partial charge in [0, 0.05) is 20.0 Å². The van der Waals surface area contributed by atoms with E-state index in [2.05, 4.69) is 5.32 Å². The molecular weight excluding hydrogens is 574 g/mol. The lowest BCUT2D eigenvalue weighted by Crippen LogP contribution is -2.53. The molecule has 1 N–H and O–H groups in total. The molecular formula is C35H39N3O5S. The molecule has 0 aliphatic carbocycles. The number of aryl methyl sites for hydroxylation is 2. The summed E-state index contributed by atoms with van der Waals surface area (Å²) in [6.07, 6.45) is 0.256. The van der Waals surface area contributed by atoms with Crippen molar-refractivity contribution >= 4 is 27.5 Å². The number of amides is 2. The van der Waals surface area contributed by atoms with Gasteiger partial charge in [0.25, 0.3) is 10.0 Å². The summed E-state index contributed by atoms with van der Waals surface area (Å²) in [7, 11) is -2.64. The lowest BCUT2D eigenvalue weighted by atomic mass is 10.0. The summed E-state index contributed by atoms with van der Waals surface area (Å²) < 4.78 is 34.9. The van der Waals surface area contributed by atoms with E-state index in [4.69, 9.17) is 4.74 Å². The Morgan fingerprint density at radius 2 is 1.48 bits per heavy atom. The van der Waals surface area contributed by atoms with E-state index in [0.29, 0.717) is 18.0 Å². The number of hydrogen-bond acceptors (Lipinski definition) is 5. The number of hydrogen-bond donors (Lipinski definition) is 1. The first-order valence-electron chi connectivity index (χ1n) is 14.5. The van der Waals surface area contributed by atoms with Crippen molar-refractivity contribution in [3.63, 3.8) is 0 Å². The molecule has 0 spiro atoms. The van der Waals surface area contributed by atoms with E-state index in [0.717, 1.165) is 26.6 Å². The fourth-order valence-corrected chi connectivity index (χ4v) is 6.38. The highest BCUT2D eigenvalue weighted by Crippen LogP contribution is 2.27. The van der Waals surface area contributed by atoms with Gasteiger partial charge in [0.05, 0.1) is 17.2 Å². The lowest BCUT2D eigenvalue weighted by Gasteiger charge is -2.33. The van der Waals surface area contributed by atoms with Crippen LogP contribution >= 0.6 is 0 Å². The Labute approximate surface area is 260 Å². The predicted molar refractivity (Wildman–Crippen MR) is 173 cm³/mol. The predicted octanol–water partition coefficient (Wildman–Crippen LogP) is 5.28. The average Bonchev–Trinajstić information content (AvgIpc) is 3.02. The third-order valence-electron chi connectivity index (χ3n) is 7.28. The van der Waals surface area contributed by atoms with Gasteiger partial charge < -0.3 is 15.0 Å². The molecule has 2 amide bonds. The highest BCUT2D eigenvalue weighted by Gasteiger charge is 2.34. The van der Waals surface area contributed by atoms with Gasteiger partial charge in [-0.15, -0.1) is 0 Å². The maximum atomic E-state index is 14.4. The van der Waals surface area contributed by atoms with Gasteiger partial charge in [-0.25, -0.2) is 8.42 Å². The number of carbonyl (C=O) groups is 2. The number of sulfonamides is 1. The molecule has 1 atom stereocenters. The van der Waals surface area contributed by atoms with Crippen LogP contribution in [0, 0.1) is 13.8 Å². The molecule has 0 aliphatic heterocycles. The Hall–Kier alpha value is -4.63. The number of nitrogens with one attached hydrogen (secondary N) is 1. The van der Waals surface area contributed by atoms with E-state index in [9.17, 15) is 18.0 Å². The van der Waals surface area contributed by atoms with E-state index in [1.165, 1.54) is 24.1 Å². The van der Waals surface area contributed by atoms with E-state index in [-0.39, 0.29) is 23.8 Å². The van der Waals surface area contributed by atoms with E-state index < -0.39 is 28.5 Å². The molecule has 0 saturated heterocycles. The fraction of sp³-hybridized carbons (Fsp3) is 0.257. The lowest BCUT2D eigenvalue weighted by molar-refractivity contribution is -0.139. The molecule has 0 saturated carbocycles. The molecule has 0 aliphatic rings. The van der Waals surface area contributed by atoms with Crippen molar-refractivity contribution in [1.29, 1.82) is 0 Å². The number of likely N-dealkylation sites (N-methyl/N-ethyl adjacent to an activating group) is 1. The summed E-state index contributed by atoms with van der Waals surface area (Å²) in [5.41, 5.74) is 3.92. The normalized spacial score (nSPS) is 11.8. The molecule has 4 aromatic carbocycles. The van der Waals surface area contributed by atoms with Crippen molar-refractivity contribution in [2.45, 2.75) is 44.7 Å². The number of benzene rings is 4. The standard InChI is InChI=1S/C35H39N3O5S/c1-5-43-31-18-16-30(17-19-31)38(44(41,42)32-20-14-26(2)15-21-32)25-34(39)37(24-29-13-9-10-27(3)22-29)33(35(40)36-4)23-28-11-7-6-8-12-28/h6-22,33H,5,23-25H2,1-4H3,(H,36,40)/t33-/m1/s1. The summed E-state index contributed by atoms with van der Waals surface area (Å²) in [6, 6.07) is 29.4. The van der Waals surface area contributed by atoms with E-state index in [1.54, 1.807) is 36.4 Å². The zero-order chi connectivity index (χ0) is 31.7. The SMILES string of the molecule is CCOc1ccc(N(CC(=O)N(Cc2cccc(C)c2)[C@H](Cc2ccccc2)C(=O)NC)S(=O)(=O)c2ccc(C)cc2)cc1. The van der Waals surface area contributed by atoms with Crippen LogP contribution < -0.4 is 14.4 Å². The fourth-order valence-electron chi connectivity index (χ4n) is 4.97. The molecule has 0 aromatic heterocycles. The molecule has 9 heteroatoms. The van der Waals surface area contributed by atoms with Gasteiger partial charge in [0.15, 0.2) is 0 Å². The number of rotatable bonds is 13. The quantitative estimate of drug-likeness (QED) is 0.221. The summed E-state index contributed by atoms with van der Waals surface area (Å²) in [4.78, 5) is 29.3. The summed E-state index contributed by atoms with van der Waals surface area (Å²) in [5.74, 6) is -0.275. The van der Waals surface area contributed by atoms with Crippen LogP contribution in [-0.2, 0) is 32.6 Å². The van der Waals surface area contributed by atoms with Gasteiger partial charge >= 0.3 is 0 Å². The van der Waals surface area contributed by atoms with Crippen molar-refractivity contribution < 1.29 is 22.7 Å². The third-order valence-corrected chi connectivity index (χ3v) is 9.06. The molecule has 0 fully saturated rings. The van der Waals surface area contributed by atoms with Crippen LogP contribution in [-0.4, -0.2) is 51.4 Å². The van der Waals surface area contributed by atoms with Gasteiger partial charge in [-0.1, -0.05) is 77.9 Å². The average molecular weight is 614 g/mol. The van der Waals surface area contributed by atoms with Gasteiger partial charge in [-0.2, -0.15) is 0 Å². The van der Waals surface area contributed by atoms with Crippen molar-refractivity contribution in [2.24, 2.45) is 0 Å². The monoisotopic (exact) mass is 613 g/mol. The number of carbonyl (C=O) groups excluding carboxylic acids is 2. The van der Waals surface area contributed by atoms with Crippen molar-refractivity contribution in [3.8, 4) is 5.75 Å². The zero-order valence-electron chi connectivity index (χ0n) is 25.6. The first-order chi connectivity index (χ1) is 21.1. The smallest absolute Gasteiger partial charge is 0.264 e. The highest BCUT2D eigenvalue weighted by molar-refractivity contribution is 7.92. The van der Waals surface area contributed by atoms with Crippen LogP contribution in [0.4, 0.5) is 5.69 Å². The third kappa shape index (κ3) is 8.05. The number of anilines is 1. The van der Waals surface area contributed by atoms with Gasteiger partial charge in [0.1, 0.15) is 18.3 Å². The molecule has 0 radical (unpaired) electrons. The van der Waals surface area contributed by atoms with Crippen LogP contribution in [0.1, 0.15) is 29.2 Å². The van der Waals surface area contributed by atoms with Gasteiger partial charge in [-0.05, 0) is 68.3 Å². The molecule has 0 unspecified atom stereocenters. The molecule has 0 heterocycles. The Bertz CT molecular complexity index is 1660. The van der Waals surface area contributed by atoms with E-state index >= 15 is 0 Å². The Morgan fingerprint density at radius 1 is 0.818 bits per heavy atom.